The summed E-state index contributed by atoms with van der Waals surface area (Å²) in [5.41, 5.74) is 0.503. The fraction of sp³-hybridized carbons (Fsp3) is 0.500. The highest BCUT2D eigenvalue weighted by atomic mass is 35.5. The Morgan fingerprint density at radius 1 is 1.71 bits per heavy atom. The van der Waals surface area contributed by atoms with E-state index in [1.165, 1.54) is 0 Å². The molecule has 0 saturated carbocycles. The van der Waals surface area contributed by atoms with Crippen molar-refractivity contribution in [2.75, 3.05) is 20.3 Å². The molecule has 6 heteroatoms. The average Bonchev–Trinajstić information content (AvgIpc) is 2.48. The van der Waals surface area contributed by atoms with Crippen LogP contribution >= 0.6 is 11.6 Å². The van der Waals surface area contributed by atoms with Crippen LogP contribution < -0.4 is 5.32 Å². The Bertz CT molecular complexity index is 324. The van der Waals surface area contributed by atoms with Crippen molar-refractivity contribution in [3.8, 4) is 0 Å². The van der Waals surface area contributed by atoms with E-state index in [-0.39, 0.29) is 16.7 Å². The van der Waals surface area contributed by atoms with Crippen LogP contribution in [0.25, 0.3) is 0 Å². The molecule has 1 aromatic heterocycles. The molecule has 14 heavy (non-hydrogen) atoms. The number of ether oxygens (including phenoxy) is 1. The summed E-state index contributed by atoms with van der Waals surface area (Å²) in [5.74, 6) is -0.340. The molecule has 1 aromatic rings. The van der Waals surface area contributed by atoms with Gasteiger partial charge in [0.2, 0.25) is 5.76 Å². The van der Waals surface area contributed by atoms with E-state index in [0.29, 0.717) is 18.8 Å². The van der Waals surface area contributed by atoms with E-state index in [9.17, 15) is 4.79 Å². The van der Waals surface area contributed by atoms with Crippen molar-refractivity contribution < 1.29 is 14.1 Å². The molecule has 0 unspecified atom stereocenters. The first-order chi connectivity index (χ1) is 6.66. The lowest BCUT2D eigenvalue weighted by Gasteiger charge is -2.00. The maximum absolute atomic E-state index is 11.4. The Morgan fingerprint density at radius 3 is 2.93 bits per heavy atom. The van der Waals surface area contributed by atoms with Gasteiger partial charge >= 0.3 is 0 Å². The molecule has 1 amide bonds. The molecule has 0 atom stereocenters. The van der Waals surface area contributed by atoms with Crippen LogP contribution in [0.5, 0.6) is 0 Å². The van der Waals surface area contributed by atoms with Gasteiger partial charge in [0.15, 0.2) is 0 Å². The first-order valence-corrected chi connectivity index (χ1v) is 4.43. The third-order valence-corrected chi connectivity index (χ3v) is 2.03. The Hall–Kier alpha value is -1.07. The van der Waals surface area contributed by atoms with Gasteiger partial charge in [-0.05, 0) is 6.92 Å². The highest BCUT2D eigenvalue weighted by molar-refractivity contribution is 6.33. The molecule has 1 heterocycles. The number of hydrogen-bond donors (Lipinski definition) is 1. The number of carbonyl (C=O) groups is 1. The number of nitrogens with zero attached hydrogens (tertiary/aromatic N) is 1. The molecule has 78 valence electrons. The van der Waals surface area contributed by atoms with E-state index in [1.807, 2.05) is 0 Å². The number of aromatic nitrogens is 1. The first-order valence-electron chi connectivity index (χ1n) is 4.05. The molecule has 0 aliphatic heterocycles. The lowest BCUT2D eigenvalue weighted by molar-refractivity contribution is 0.0900. The maximum Gasteiger partial charge on any atom is 0.291 e. The topological polar surface area (TPSA) is 64.4 Å². The monoisotopic (exact) mass is 218 g/mol. The average molecular weight is 219 g/mol. The third kappa shape index (κ3) is 2.46. The van der Waals surface area contributed by atoms with Gasteiger partial charge in [-0.15, -0.1) is 0 Å². The zero-order valence-electron chi connectivity index (χ0n) is 7.96. The fourth-order valence-corrected chi connectivity index (χ4v) is 1.00. The molecule has 0 bridgehead atoms. The number of rotatable bonds is 4. The van der Waals surface area contributed by atoms with Crippen LogP contribution in [0.1, 0.15) is 16.2 Å². The molecule has 0 fully saturated rings. The van der Waals surface area contributed by atoms with Crippen LogP contribution in [-0.4, -0.2) is 31.3 Å². The molecule has 0 aromatic carbocycles. The minimum atomic E-state index is -0.382. The number of hydrogen-bond acceptors (Lipinski definition) is 4. The van der Waals surface area contributed by atoms with E-state index < -0.39 is 0 Å². The summed E-state index contributed by atoms with van der Waals surface area (Å²) < 4.78 is 9.52. The van der Waals surface area contributed by atoms with Gasteiger partial charge in [-0.3, -0.25) is 4.79 Å². The smallest absolute Gasteiger partial charge is 0.291 e. The molecule has 1 N–H and O–H groups in total. The van der Waals surface area contributed by atoms with Crippen molar-refractivity contribution in [1.82, 2.24) is 10.5 Å². The lowest BCUT2D eigenvalue weighted by Crippen LogP contribution is -2.26. The van der Waals surface area contributed by atoms with E-state index in [4.69, 9.17) is 20.9 Å². The van der Waals surface area contributed by atoms with Crippen molar-refractivity contribution in [2.45, 2.75) is 6.92 Å². The van der Waals surface area contributed by atoms with Gasteiger partial charge in [0.1, 0.15) is 5.02 Å². The predicted octanol–water partition coefficient (Wildman–Crippen LogP) is 1.01. The van der Waals surface area contributed by atoms with Crippen molar-refractivity contribution in [2.24, 2.45) is 0 Å². The third-order valence-electron chi connectivity index (χ3n) is 1.59. The molecule has 0 saturated heterocycles. The van der Waals surface area contributed by atoms with E-state index in [2.05, 4.69) is 10.5 Å². The fourth-order valence-electron chi connectivity index (χ4n) is 0.847. The standard InChI is InChI=1S/C8H11ClN2O3/c1-5-6(9)7(14-11-5)8(12)10-3-4-13-2/h3-4H2,1-2H3,(H,10,12). The lowest BCUT2D eigenvalue weighted by atomic mass is 10.3. The number of halogens is 1. The highest BCUT2D eigenvalue weighted by Gasteiger charge is 2.17. The minimum absolute atomic E-state index is 0.0419. The van der Waals surface area contributed by atoms with Crippen molar-refractivity contribution in [1.29, 1.82) is 0 Å². The molecule has 5 nitrogen and oxygen atoms in total. The van der Waals surface area contributed by atoms with Crippen molar-refractivity contribution in [3.63, 3.8) is 0 Å². The quantitative estimate of drug-likeness (QED) is 0.767. The Labute approximate surface area is 86.3 Å². The minimum Gasteiger partial charge on any atom is -0.383 e. The van der Waals surface area contributed by atoms with E-state index in [0.717, 1.165) is 0 Å². The number of nitrogens with one attached hydrogen (secondary N) is 1. The molecule has 1 rings (SSSR count). The zero-order chi connectivity index (χ0) is 10.6. The summed E-state index contributed by atoms with van der Waals surface area (Å²) >= 11 is 5.77. The first kappa shape index (κ1) is 11.0. The van der Waals surface area contributed by atoms with Crippen LogP contribution in [0.3, 0.4) is 0 Å². The second-order valence-electron chi connectivity index (χ2n) is 2.66. The summed E-state index contributed by atoms with van der Waals surface area (Å²) in [6.45, 7) is 2.51. The summed E-state index contributed by atoms with van der Waals surface area (Å²) in [7, 11) is 1.55. The molecule has 0 aliphatic carbocycles. The van der Waals surface area contributed by atoms with Gasteiger partial charge in [-0.1, -0.05) is 16.8 Å². The molecular formula is C8H11ClN2O3. The highest BCUT2D eigenvalue weighted by Crippen LogP contribution is 2.19. The second-order valence-corrected chi connectivity index (χ2v) is 3.04. The summed E-state index contributed by atoms with van der Waals surface area (Å²) in [6.07, 6.45) is 0. The summed E-state index contributed by atoms with van der Waals surface area (Å²) in [5, 5.41) is 6.39. The van der Waals surface area contributed by atoms with Crippen LogP contribution in [0.4, 0.5) is 0 Å². The van der Waals surface area contributed by atoms with Crippen molar-refractivity contribution in [3.05, 3.63) is 16.5 Å². The van der Waals surface area contributed by atoms with E-state index in [1.54, 1.807) is 14.0 Å². The Morgan fingerprint density at radius 2 is 2.43 bits per heavy atom. The summed E-state index contributed by atoms with van der Waals surface area (Å²) in [4.78, 5) is 11.4. The van der Waals surface area contributed by atoms with Gasteiger partial charge < -0.3 is 14.6 Å². The second kappa shape index (κ2) is 4.97. The van der Waals surface area contributed by atoms with Gasteiger partial charge in [-0.25, -0.2) is 0 Å². The Kier molecular flexibility index (Phi) is 3.91. The molecule has 0 spiro atoms. The number of amides is 1. The molecular weight excluding hydrogens is 208 g/mol. The van der Waals surface area contributed by atoms with Gasteiger partial charge in [0, 0.05) is 13.7 Å². The predicted molar refractivity (Wildman–Crippen MR) is 50.5 cm³/mol. The molecule has 0 radical (unpaired) electrons. The maximum atomic E-state index is 11.4. The van der Waals surface area contributed by atoms with E-state index >= 15 is 0 Å². The number of aryl methyl sites for hydroxylation is 1. The molecule has 0 aliphatic rings. The van der Waals surface area contributed by atoms with Crippen LogP contribution in [0.15, 0.2) is 4.52 Å². The summed E-state index contributed by atoms with van der Waals surface area (Å²) in [6, 6.07) is 0. The normalized spacial score (nSPS) is 10.2. The van der Waals surface area contributed by atoms with Gasteiger partial charge in [0.05, 0.1) is 12.3 Å². The number of methoxy groups -OCH3 is 1. The largest absolute Gasteiger partial charge is 0.383 e. The van der Waals surface area contributed by atoms with Crippen LogP contribution in [-0.2, 0) is 4.74 Å². The SMILES string of the molecule is COCCNC(=O)c1onc(C)c1Cl. The van der Waals surface area contributed by atoms with Crippen LogP contribution in [0.2, 0.25) is 5.02 Å². The van der Waals surface area contributed by atoms with Crippen molar-refractivity contribution >= 4 is 17.5 Å². The number of carbonyl (C=O) groups excluding carboxylic acids is 1. The van der Waals surface area contributed by atoms with Gasteiger partial charge in [0.25, 0.3) is 5.91 Å². The Balaban J connectivity index is 2.56. The van der Waals surface area contributed by atoms with Gasteiger partial charge in [-0.2, -0.15) is 0 Å². The zero-order valence-corrected chi connectivity index (χ0v) is 8.72. The van der Waals surface area contributed by atoms with Crippen LogP contribution in [0, 0.1) is 6.92 Å².